The van der Waals surface area contributed by atoms with Crippen LogP contribution in [0.5, 0.6) is 5.75 Å². The Morgan fingerprint density at radius 3 is 2.44 bits per heavy atom. The van der Waals surface area contributed by atoms with Crippen LogP contribution in [0, 0.1) is 14.9 Å². The minimum atomic E-state index is -0.756. The molecular formula is C21H22IN3O2. The number of rotatable bonds is 8. The third-order valence-corrected chi connectivity index (χ3v) is 4.84. The molecule has 5 nitrogen and oxygen atoms in total. The van der Waals surface area contributed by atoms with Gasteiger partial charge in [0.25, 0.3) is 5.91 Å². The van der Waals surface area contributed by atoms with E-state index in [1.165, 1.54) is 6.08 Å². The van der Waals surface area contributed by atoms with Gasteiger partial charge < -0.3 is 15.4 Å². The molecule has 0 aromatic heterocycles. The second-order valence-corrected chi connectivity index (χ2v) is 7.09. The van der Waals surface area contributed by atoms with Crippen molar-refractivity contribution in [3.05, 3.63) is 62.7 Å². The summed E-state index contributed by atoms with van der Waals surface area (Å²) in [5.74, 6) is -0.152. The van der Waals surface area contributed by atoms with Gasteiger partial charge in [0.05, 0.1) is 0 Å². The first-order valence-corrected chi connectivity index (χ1v) is 9.74. The molecule has 0 saturated carbocycles. The molecule has 6 heteroatoms. The zero-order chi connectivity index (χ0) is 19.8. The van der Waals surface area contributed by atoms with E-state index in [1.54, 1.807) is 0 Å². The fourth-order valence-corrected chi connectivity index (χ4v) is 2.97. The number of nitrogens with two attached hydrogens (primary N) is 1. The summed E-state index contributed by atoms with van der Waals surface area (Å²) in [6, 6.07) is 15.6. The molecule has 0 bridgehead atoms. The van der Waals surface area contributed by atoms with Crippen molar-refractivity contribution >= 4 is 40.3 Å². The molecule has 0 aliphatic carbocycles. The van der Waals surface area contributed by atoms with Gasteiger partial charge in [0.15, 0.2) is 0 Å². The Kier molecular flexibility index (Phi) is 7.67. The minimum Gasteiger partial charge on any atom is -0.488 e. The minimum absolute atomic E-state index is 0.107. The summed E-state index contributed by atoms with van der Waals surface area (Å²) in [5.41, 5.74) is 7.86. The Morgan fingerprint density at radius 2 is 1.89 bits per heavy atom. The lowest BCUT2D eigenvalue weighted by Gasteiger charge is -2.22. The highest BCUT2D eigenvalue weighted by atomic mass is 127. The van der Waals surface area contributed by atoms with Crippen molar-refractivity contribution in [1.29, 1.82) is 5.26 Å². The maximum Gasteiger partial charge on any atom is 0.259 e. The highest BCUT2D eigenvalue weighted by Gasteiger charge is 2.11. The Morgan fingerprint density at radius 1 is 1.22 bits per heavy atom. The number of anilines is 1. The summed E-state index contributed by atoms with van der Waals surface area (Å²) < 4.78 is 7.19. The standard InChI is InChI=1S/C21H22IN3O2/c1-3-25(4-2)19-10-7-16(11-17(13-23)21(24)26)20(12-19)27-14-15-5-8-18(22)9-6-15/h5-12H,3-4,14H2,1-2H3,(H2,24,26)/b17-11+. The molecule has 0 aliphatic heterocycles. The number of carbonyl (C=O) groups excluding carboxylic acids is 1. The lowest BCUT2D eigenvalue weighted by molar-refractivity contribution is -0.114. The smallest absolute Gasteiger partial charge is 0.259 e. The summed E-state index contributed by atoms with van der Waals surface area (Å²) in [7, 11) is 0. The number of nitrogens with zero attached hydrogens (tertiary/aromatic N) is 2. The second kappa shape index (κ2) is 9.97. The predicted octanol–water partition coefficient (Wildman–Crippen LogP) is 4.11. The van der Waals surface area contributed by atoms with Gasteiger partial charge >= 0.3 is 0 Å². The molecule has 0 fully saturated rings. The van der Waals surface area contributed by atoms with Gasteiger partial charge in [-0.25, -0.2) is 0 Å². The molecule has 2 rings (SSSR count). The van der Waals surface area contributed by atoms with Crippen molar-refractivity contribution in [2.75, 3.05) is 18.0 Å². The first kappa shape index (κ1) is 20.8. The molecule has 140 valence electrons. The first-order chi connectivity index (χ1) is 13.0. The van der Waals surface area contributed by atoms with E-state index < -0.39 is 5.91 Å². The van der Waals surface area contributed by atoms with Crippen molar-refractivity contribution in [2.45, 2.75) is 20.5 Å². The van der Waals surface area contributed by atoms with Crippen LogP contribution in [0.4, 0.5) is 5.69 Å². The lowest BCUT2D eigenvalue weighted by atomic mass is 10.1. The van der Waals surface area contributed by atoms with E-state index in [1.807, 2.05) is 48.5 Å². The number of ether oxygens (including phenoxy) is 1. The molecule has 0 radical (unpaired) electrons. The molecule has 0 heterocycles. The molecule has 0 atom stereocenters. The third kappa shape index (κ3) is 5.73. The molecule has 0 aliphatic rings. The Labute approximate surface area is 173 Å². The number of carbonyl (C=O) groups is 1. The highest BCUT2D eigenvalue weighted by Crippen LogP contribution is 2.28. The van der Waals surface area contributed by atoms with Crippen LogP contribution in [-0.2, 0) is 11.4 Å². The lowest BCUT2D eigenvalue weighted by Crippen LogP contribution is -2.21. The monoisotopic (exact) mass is 475 g/mol. The van der Waals surface area contributed by atoms with E-state index in [4.69, 9.17) is 15.7 Å². The van der Waals surface area contributed by atoms with Crippen LogP contribution in [0.1, 0.15) is 25.0 Å². The predicted molar refractivity (Wildman–Crippen MR) is 116 cm³/mol. The van der Waals surface area contributed by atoms with Crippen LogP contribution >= 0.6 is 22.6 Å². The Hall–Kier alpha value is -2.53. The van der Waals surface area contributed by atoms with Gasteiger partial charge in [-0.1, -0.05) is 12.1 Å². The van der Waals surface area contributed by atoms with E-state index in [0.717, 1.165) is 27.9 Å². The van der Waals surface area contributed by atoms with E-state index in [0.29, 0.717) is 17.9 Å². The molecular weight excluding hydrogens is 453 g/mol. The number of benzene rings is 2. The number of nitriles is 1. The zero-order valence-corrected chi connectivity index (χ0v) is 17.6. The van der Waals surface area contributed by atoms with Crippen LogP contribution < -0.4 is 15.4 Å². The van der Waals surface area contributed by atoms with Crippen LogP contribution in [0.25, 0.3) is 6.08 Å². The number of hydrogen-bond donors (Lipinski definition) is 1. The van der Waals surface area contributed by atoms with Gasteiger partial charge in [-0.05, 0) is 72.3 Å². The second-order valence-electron chi connectivity index (χ2n) is 5.84. The van der Waals surface area contributed by atoms with Gasteiger partial charge in [-0.3, -0.25) is 4.79 Å². The Bertz CT molecular complexity index is 866. The van der Waals surface area contributed by atoms with Crippen molar-refractivity contribution in [3.8, 4) is 11.8 Å². The van der Waals surface area contributed by atoms with Gasteiger partial charge in [0.1, 0.15) is 24.0 Å². The van der Waals surface area contributed by atoms with Crippen molar-refractivity contribution in [2.24, 2.45) is 5.73 Å². The molecule has 2 aromatic rings. The maximum atomic E-state index is 11.4. The number of hydrogen-bond acceptors (Lipinski definition) is 4. The fraction of sp³-hybridized carbons (Fsp3) is 0.238. The van der Waals surface area contributed by atoms with Gasteiger partial charge in [0, 0.05) is 34.0 Å². The van der Waals surface area contributed by atoms with Gasteiger partial charge in [-0.2, -0.15) is 5.26 Å². The molecule has 0 spiro atoms. The summed E-state index contributed by atoms with van der Waals surface area (Å²) in [6.45, 7) is 6.30. The highest BCUT2D eigenvalue weighted by molar-refractivity contribution is 14.1. The largest absolute Gasteiger partial charge is 0.488 e. The third-order valence-electron chi connectivity index (χ3n) is 4.12. The summed E-state index contributed by atoms with van der Waals surface area (Å²) in [6.07, 6.45) is 1.47. The molecule has 0 unspecified atom stereocenters. The van der Waals surface area contributed by atoms with Crippen molar-refractivity contribution in [1.82, 2.24) is 0 Å². The Balaban J connectivity index is 2.39. The summed E-state index contributed by atoms with van der Waals surface area (Å²) in [5, 5.41) is 9.13. The van der Waals surface area contributed by atoms with E-state index in [2.05, 4.69) is 41.3 Å². The van der Waals surface area contributed by atoms with Crippen molar-refractivity contribution < 1.29 is 9.53 Å². The van der Waals surface area contributed by atoms with E-state index >= 15 is 0 Å². The van der Waals surface area contributed by atoms with E-state index in [-0.39, 0.29) is 5.57 Å². The quantitative estimate of drug-likeness (QED) is 0.354. The average molecular weight is 475 g/mol. The number of halogens is 1. The normalized spacial score (nSPS) is 11.0. The van der Waals surface area contributed by atoms with E-state index in [9.17, 15) is 4.79 Å². The summed E-state index contributed by atoms with van der Waals surface area (Å²) in [4.78, 5) is 13.6. The molecule has 0 saturated heterocycles. The topological polar surface area (TPSA) is 79.4 Å². The number of primary amides is 1. The number of amides is 1. The van der Waals surface area contributed by atoms with Crippen LogP contribution in [-0.4, -0.2) is 19.0 Å². The molecule has 27 heavy (non-hydrogen) atoms. The van der Waals surface area contributed by atoms with Gasteiger partial charge in [-0.15, -0.1) is 0 Å². The van der Waals surface area contributed by atoms with Crippen molar-refractivity contribution in [3.63, 3.8) is 0 Å². The van der Waals surface area contributed by atoms with Crippen LogP contribution in [0.3, 0.4) is 0 Å². The summed E-state index contributed by atoms with van der Waals surface area (Å²) >= 11 is 2.26. The zero-order valence-electron chi connectivity index (χ0n) is 15.4. The van der Waals surface area contributed by atoms with Crippen LogP contribution in [0.15, 0.2) is 48.0 Å². The maximum absolute atomic E-state index is 11.4. The molecule has 2 aromatic carbocycles. The SMILES string of the molecule is CCN(CC)c1ccc(/C=C(\C#N)C(N)=O)c(OCc2ccc(I)cc2)c1. The van der Waals surface area contributed by atoms with Gasteiger partial charge in [0.2, 0.25) is 0 Å². The average Bonchev–Trinajstić information content (AvgIpc) is 2.67. The molecule has 1 amide bonds. The fourth-order valence-electron chi connectivity index (χ4n) is 2.61. The first-order valence-electron chi connectivity index (χ1n) is 8.66. The molecule has 2 N–H and O–H groups in total. The van der Waals surface area contributed by atoms with Crippen LogP contribution in [0.2, 0.25) is 0 Å².